The Hall–Kier alpha value is -2.38. The molecule has 20 heavy (non-hydrogen) atoms. The highest BCUT2D eigenvalue weighted by atomic mass is 19.1. The van der Waals surface area contributed by atoms with Crippen LogP contribution in [0.2, 0.25) is 0 Å². The van der Waals surface area contributed by atoms with E-state index in [9.17, 15) is 9.50 Å². The van der Waals surface area contributed by atoms with Crippen LogP contribution in [0.15, 0.2) is 42.5 Å². The summed E-state index contributed by atoms with van der Waals surface area (Å²) in [5.41, 5.74) is 1.13. The van der Waals surface area contributed by atoms with Gasteiger partial charge >= 0.3 is 0 Å². The number of nitrogens with zero attached hydrogens (tertiary/aromatic N) is 1. The summed E-state index contributed by atoms with van der Waals surface area (Å²) in [6, 6.07) is 13.4. The minimum absolute atomic E-state index is 0.00977. The summed E-state index contributed by atoms with van der Waals surface area (Å²) in [5.74, 6) is 0.0340. The van der Waals surface area contributed by atoms with Crippen molar-refractivity contribution >= 4 is 0 Å². The summed E-state index contributed by atoms with van der Waals surface area (Å²) < 4.78 is 19.3. The molecule has 4 heteroatoms. The number of halogens is 1. The predicted octanol–water partition coefficient (Wildman–Crippen LogP) is 3.33. The number of nitriles is 1. The lowest BCUT2D eigenvalue weighted by Gasteiger charge is -2.09. The number of ether oxygens (including phenoxy) is 1. The standard InChI is InChI=1S/C16H14FNO2/c1-11(19)12-5-7-15(8-6-12)20-10-14-4-2-3-13(9-18)16(14)17/h2-8,11,19H,10H2,1H3/t11-/m1/s1. The van der Waals surface area contributed by atoms with E-state index < -0.39 is 11.9 Å². The monoisotopic (exact) mass is 271 g/mol. The topological polar surface area (TPSA) is 53.2 Å². The molecule has 1 atom stereocenters. The molecule has 2 aromatic carbocycles. The summed E-state index contributed by atoms with van der Waals surface area (Å²) in [4.78, 5) is 0. The first-order valence-electron chi connectivity index (χ1n) is 6.20. The molecule has 0 aromatic heterocycles. The maximum Gasteiger partial charge on any atom is 0.147 e. The third-order valence-electron chi connectivity index (χ3n) is 2.96. The van der Waals surface area contributed by atoms with Crippen molar-refractivity contribution in [1.29, 1.82) is 5.26 Å². The molecule has 0 fully saturated rings. The first-order valence-corrected chi connectivity index (χ1v) is 6.20. The minimum atomic E-state index is -0.546. The number of aliphatic hydroxyl groups is 1. The van der Waals surface area contributed by atoms with Gasteiger partial charge in [0.05, 0.1) is 11.7 Å². The Morgan fingerprint density at radius 2 is 1.95 bits per heavy atom. The Morgan fingerprint density at radius 1 is 1.25 bits per heavy atom. The van der Waals surface area contributed by atoms with Crippen molar-refractivity contribution in [2.45, 2.75) is 19.6 Å². The predicted molar refractivity (Wildman–Crippen MR) is 72.5 cm³/mol. The van der Waals surface area contributed by atoms with Crippen molar-refractivity contribution in [3.05, 3.63) is 65.0 Å². The fourth-order valence-electron chi connectivity index (χ4n) is 1.78. The third-order valence-corrected chi connectivity index (χ3v) is 2.96. The Morgan fingerprint density at radius 3 is 2.55 bits per heavy atom. The molecule has 0 radical (unpaired) electrons. The minimum Gasteiger partial charge on any atom is -0.489 e. The molecule has 102 valence electrons. The summed E-state index contributed by atoms with van der Waals surface area (Å²) in [6.07, 6.45) is -0.534. The zero-order chi connectivity index (χ0) is 14.5. The van der Waals surface area contributed by atoms with Crippen LogP contribution in [0.5, 0.6) is 5.75 Å². The Kier molecular flexibility index (Phi) is 4.34. The fourth-order valence-corrected chi connectivity index (χ4v) is 1.78. The van der Waals surface area contributed by atoms with Gasteiger partial charge in [0, 0.05) is 5.56 Å². The van der Waals surface area contributed by atoms with E-state index in [4.69, 9.17) is 10.00 Å². The summed E-state index contributed by atoms with van der Waals surface area (Å²) >= 11 is 0. The van der Waals surface area contributed by atoms with E-state index in [0.717, 1.165) is 5.56 Å². The van der Waals surface area contributed by atoms with Gasteiger partial charge in [-0.25, -0.2) is 4.39 Å². The first kappa shape index (κ1) is 14.0. The van der Waals surface area contributed by atoms with Crippen molar-refractivity contribution in [2.24, 2.45) is 0 Å². The molecule has 0 aliphatic carbocycles. The second-order valence-electron chi connectivity index (χ2n) is 4.42. The molecule has 1 N–H and O–H groups in total. The fraction of sp³-hybridized carbons (Fsp3) is 0.188. The van der Waals surface area contributed by atoms with E-state index in [1.54, 1.807) is 49.4 Å². The van der Waals surface area contributed by atoms with Crippen molar-refractivity contribution in [3.8, 4) is 11.8 Å². The van der Waals surface area contributed by atoms with Gasteiger partial charge in [0.2, 0.25) is 0 Å². The Bertz CT molecular complexity index is 630. The molecule has 0 bridgehead atoms. The molecule has 0 saturated heterocycles. The second-order valence-corrected chi connectivity index (χ2v) is 4.42. The third kappa shape index (κ3) is 3.14. The summed E-state index contributed by atoms with van der Waals surface area (Å²) in [7, 11) is 0. The lowest BCUT2D eigenvalue weighted by Crippen LogP contribution is -2.00. The van der Waals surface area contributed by atoms with E-state index in [-0.39, 0.29) is 12.2 Å². The largest absolute Gasteiger partial charge is 0.489 e. The normalized spacial score (nSPS) is 11.7. The van der Waals surface area contributed by atoms with Crippen LogP contribution in [0, 0.1) is 17.1 Å². The maximum absolute atomic E-state index is 13.8. The van der Waals surface area contributed by atoms with E-state index in [1.165, 1.54) is 6.07 Å². The number of hydrogen-bond acceptors (Lipinski definition) is 3. The number of rotatable bonds is 4. The summed E-state index contributed by atoms with van der Waals surface area (Å²) in [5, 5.41) is 18.2. The highest BCUT2D eigenvalue weighted by Crippen LogP contribution is 2.19. The molecule has 2 aromatic rings. The molecule has 0 saturated carbocycles. The van der Waals surface area contributed by atoms with Gasteiger partial charge in [-0.15, -0.1) is 0 Å². The lowest BCUT2D eigenvalue weighted by atomic mass is 10.1. The molecule has 0 spiro atoms. The van der Waals surface area contributed by atoms with Gasteiger partial charge in [-0.2, -0.15) is 5.26 Å². The molecular formula is C16H14FNO2. The van der Waals surface area contributed by atoms with Gasteiger partial charge in [0.15, 0.2) is 0 Å². The average Bonchev–Trinajstić information content (AvgIpc) is 2.46. The van der Waals surface area contributed by atoms with Crippen LogP contribution in [-0.2, 0) is 6.61 Å². The van der Waals surface area contributed by atoms with Crippen LogP contribution < -0.4 is 4.74 Å². The second kappa shape index (κ2) is 6.18. The first-order chi connectivity index (χ1) is 9.61. The van der Waals surface area contributed by atoms with E-state index in [0.29, 0.717) is 11.3 Å². The van der Waals surface area contributed by atoms with Crippen LogP contribution in [-0.4, -0.2) is 5.11 Å². The van der Waals surface area contributed by atoms with Gasteiger partial charge in [0.25, 0.3) is 0 Å². The van der Waals surface area contributed by atoms with Crippen LogP contribution in [0.3, 0.4) is 0 Å². The van der Waals surface area contributed by atoms with E-state index in [1.807, 2.05) is 0 Å². The van der Waals surface area contributed by atoms with Crippen molar-refractivity contribution in [3.63, 3.8) is 0 Å². The number of aliphatic hydroxyl groups excluding tert-OH is 1. The summed E-state index contributed by atoms with van der Waals surface area (Å²) in [6.45, 7) is 1.73. The highest BCUT2D eigenvalue weighted by Gasteiger charge is 2.08. The van der Waals surface area contributed by atoms with Crippen molar-refractivity contribution in [1.82, 2.24) is 0 Å². The quantitative estimate of drug-likeness (QED) is 0.928. The van der Waals surface area contributed by atoms with E-state index in [2.05, 4.69) is 0 Å². The van der Waals surface area contributed by atoms with Crippen LogP contribution in [0.25, 0.3) is 0 Å². The molecule has 2 rings (SSSR count). The van der Waals surface area contributed by atoms with Gasteiger partial charge in [-0.3, -0.25) is 0 Å². The van der Waals surface area contributed by atoms with Crippen LogP contribution >= 0.6 is 0 Å². The number of benzene rings is 2. The van der Waals surface area contributed by atoms with Gasteiger partial charge in [-0.1, -0.05) is 24.3 Å². The van der Waals surface area contributed by atoms with Gasteiger partial charge in [0.1, 0.15) is 24.2 Å². The molecule has 0 unspecified atom stereocenters. The smallest absolute Gasteiger partial charge is 0.147 e. The Balaban J connectivity index is 2.07. The van der Waals surface area contributed by atoms with Gasteiger partial charge < -0.3 is 9.84 Å². The zero-order valence-corrected chi connectivity index (χ0v) is 11.0. The molecule has 0 heterocycles. The maximum atomic E-state index is 13.8. The molecule has 0 amide bonds. The molecular weight excluding hydrogens is 257 g/mol. The molecule has 0 aliphatic heterocycles. The molecule has 3 nitrogen and oxygen atoms in total. The SMILES string of the molecule is C[C@@H](O)c1ccc(OCc2cccc(C#N)c2F)cc1. The Labute approximate surface area is 116 Å². The highest BCUT2D eigenvalue weighted by molar-refractivity contribution is 5.35. The van der Waals surface area contributed by atoms with Crippen LogP contribution in [0.4, 0.5) is 4.39 Å². The lowest BCUT2D eigenvalue weighted by molar-refractivity contribution is 0.199. The van der Waals surface area contributed by atoms with Crippen molar-refractivity contribution in [2.75, 3.05) is 0 Å². The van der Waals surface area contributed by atoms with Crippen LogP contribution in [0.1, 0.15) is 29.7 Å². The van der Waals surface area contributed by atoms with Gasteiger partial charge in [-0.05, 0) is 30.7 Å². The average molecular weight is 271 g/mol. The van der Waals surface area contributed by atoms with Crippen molar-refractivity contribution < 1.29 is 14.2 Å². The van der Waals surface area contributed by atoms with E-state index >= 15 is 0 Å². The molecule has 0 aliphatic rings. The zero-order valence-electron chi connectivity index (χ0n) is 11.0. The number of hydrogen-bond donors (Lipinski definition) is 1.